The summed E-state index contributed by atoms with van der Waals surface area (Å²) < 4.78 is 65.9. The van der Waals surface area contributed by atoms with E-state index in [1.807, 2.05) is 0 Å². The summed E-state index contributed by atoms with van der Waals surface area (Å²) in [6.07, 6.45) is 10.4. The van der Waals surface area contributed by atoms with E-state index in [9.17, 15) is 8.78 Å². The van der Waals surface area contributed by atoms with Crippen molar-refractivity contribution < 1.29 is 22.3 Å². The minimum Gasteiger partial charge on any atom is -0.373 e. The van der Waals surface area contributed by atoms with Gasteiger partial charge in [-0.15, -0.1) is 0 Å². The lowest BCUT2D eigenvalue weighted by molar-refractivity contribution is -0.0218. The number of aryl methyl sites for hydroxylation is 1. The Morgan fingerprint density at radius 1 is 0.641 bits per heavy atom. The molecule has 0 radical (unpaired) electrons. The summed E-state index contributed by atoms with van der Waals surface area (Å²) in [6.45, 7) is 4.87. The second-order valence-electron chi connectivity index (χ2n) is 10.9. The molecule has 210 valence electrons. The first kappa shape index (κ1) is 29.3. The van der Waals surface area contributed by atoms with Crippen molar-refractivity contribution in [2.24, 2.45) is 5.92 Å². The van der Waals surface area contributed by atoms with Crippen molar-refractivity contribution in [3.05, 3.63) is 82.9 Å². The zero-order valence-electron chi connectivity index (χ0n) is 23.2. The molecule has 0 spiro atoms. The van der Waals surface area contributed by atoms with Crippen LogP contribution >= 0.6 is 0 Å². The molecule has 3 aromatic carbocycles. The summed E-state index contributed by atoms with van der Waals surface area (Å²) in [6, 6.07) is 12.9. The van der Waals surface area contributed by atoms with Crippen LogP contribution in [0, 0.1) is 29.2 Å². The summed E-state index contributed by atoms with van der Waals surface area (Å²) in [5, 5.41) is 0. The minimum absolute atomic E-state index is 0.130. The maximum atomic E-state index is 15.2. The van der Waals surface area contributed by atoms with Crippen LogP contribution in [0.25, 0.3) is 22.3 Å². The average molecular weight is 541 g/mol. The van der Waals surface area contributed by atoms with E-state index in [1.54, 1.807) is 48.5 Å². The second kappa shape index (κ2) is 14.1. The van der Waals surface area contributed by atoms with E-state index in [1.165, 1.54) is 19.3 Å². The molecule has 1 aliphatic heterocycles. The molecule has 0 amide bonds. The summed E-state index contributed by atoms with van der Waals surface area (Å²) >= 11 is 0. The number of benzene rings is 3. The molecular weight excluding hydrogens is 500 g/mol. The first-order chi connectivity index (χ1) is 18.9. The Labute approximate surface area is 230 Å². The minimum atomic E-state index is -0.918. The second-order valence-corrected chi connectivity index (χ2v) is 10.9. The predicted molar refractivity (Wildman–Crippen MR) is 151 cm³/mol. The van der Waals surface area contributed by atoms with Gasteiger partial charge in [-0.3, -0.25) is 0 Å². The molecule has 0 aliphatic carbocycles. The smallest absolute Gasteiger partial charge is 0.167 e. The predicted octanol–water partition coefficient (Wildman–Crippen LogP) is 10.7. The van der Waals surface area contributed by atoms with Crippen LogP contribution in [-0.4, -0.2) is 6.61 Å². The van der Waals surface area contributed by atoms with Crippen LogP contribution < -0.4 is 0 Å². The van der Waals surface area contributed by atoms with Gasteiger partial charge < -0.3 is 4.74 Å². The number of hydrogen-bond acceptors (Lipinski definition) is 1. The van der Waals surface area contributed by atoms with E-state index < -0.39 is 29.4 Å². The van der Waals surface area contributed by atoms with Crippen molar-refractivity contribution in [1.29, 1.82) is 0 Å². The molecule has 1 saturated heterocycles. The Balaban J connectivity index is 1.45. The molecule has 1 heterocycles. The molecule has 0 aromatic heterocycles. The molecular formula is C34H40F4O. The summed E-state index contributed by atoms with van der Waals surface area (Å²) in [7, 11) is 0. The average Bonchev–Trinajstić information content (AvgIpc) is 2.96. The van der Waals surface area contributed by atoms with E-state index in [2.05, 4.69) is 13.8 Å². The topological polar surface area (TPSA) is 9.23 Å². The third-order valence-electron chi connectivity index (χ3n) is 8.01. The summed E-state index contributed by atoms with van der Waals surface area (Å²) in [5.74, 6) is -3.00. The van der Waals surface area contributed by atoms with Crippen LogP contribution in [0.2, 0.25) is 0 Å². The Morgan fingerprint density at radius 3 is 1.87 bits per heavy atom. The summed E-state index contributed by atoms with van der Waals surface area (Å²) in [5.41, 5.74) is 1.87. The zero-order chi connectivity index (χ0) is 27.8. The molecule has 0 bridgehead atoms. The largest absolute Gasteiger partial charge is 0.373 e. The molecule has 39 heavy (non-hydrogen) atoms. The Hall–Kier alpha value is -2.66. The lowest BCUT2D eigenvalue weighted by atomic mass is 9.90. The van der Waals surface area contributed by atoms with Gasteiger partial charge in [-0.05, 0) is 54.7 Å². The molecule has 4 rings (SSSR count). The van der Waals surface area contributed by atoms with Gasteiger partial charge in [0.1, 0.15) is 0 Å². The number of unbranched alkanes of at least 4 members (excludes halogenated alkanes) is 5. The Kier molecular flexibility index (Phi) is 10.6. The fourth-order valence-electron chi connectivity index (χ4n) is 5.58. The van der Waals surface area contributed by atoms with E-state index in [0.29, 0.717) is 42.1 Å². The van der Waals surface area contributed by atoms with E-state index in [0.717, 1.165) is 38.5 Å². The van der Waals surface area contributed by atoms with Crippen molar-refractivity contribution in [1.82, 2.24) is 0 Å². The van der Waals surface area contributed by atoms with Gasteiger partial charge in [0.25, 0.3) is 0 Å². The molecule has 1 aliphatic rings. The molecule has 2 atom stereocenters. The van der Waals surface area contributed by atoms with Crippen LogP contribution in [0.4, 0.5) is 17.6 Å². The number of hydrogen-bond donors (Lipinski definition) is 0. The lowest BCUT2D eigenvalue weighted by Gasteiger charge is -2.29. The van der Waals surface area contributed by atoms with Crippen LogP contribution in [0.5, 0.6) is 0 Å². The first-order valence-electron chi connectivity index (χ1n) is 14.6. The fourth-order valence-corrected chi connectivity index (χ4v) is 5.58. The Bertz CT molecular complexity index is 1210. The van der Waals surface area contributed by atoms with Crippen molar-refractivity contribution in [3.8, 4) is 22.3 Å². The molecule has 1 nitrogen and oxygen atoms in total. The number of ether oxygens (including phenoxy) is 1. The van der Waals surface area contributed by atoms with Crippen LogP contribution in [0.15, 0.2) is 48.5 Å². The van der Waals surface area contributed by atoms with Crippen molar-refractivity contribution in [3.63, 3.8) is 0 Å². The SMILES string of the molecule is CCCCCCc1ccc(-c2ccc(-c3ccc(C4CCC(CCCCC)CO4)c(F)c3F)cc2)c(F)c1F. The van der Waals surface area contributed by atoms with Gasteiger partial charge in [0.15, 0.2) is 23.3 Å². The number of rotatable bonds is 12. The highest BCUT2D eigenvalue weighted by Gasteiger charge is 2.27. The molecule has 2 unspecified atom stereocenters. The highest BCUT2D eigenvalue weighted by Crippen LogP contribution is 2.37. The van der Waals surface area contributed by atoms with Crippen molar-refractivity contribution in [2.75, 3.05) is 6.61 Å². The monoisotopic (exact) mass is 540 g/mol. The van der Waals surface area contributed by atoms with Crippen molar-refractivity contribution in [2.45, 2.75) is 90.6 Å². The standard InChI is InChI=1S/C34H40F4O/c1-3-5-7-9-11-26-17-18-27(32(36)31(26)35)24-13-15-25(16-14-24)28-19-20-29(34(38)33(28)37)30-21-12-23(22-39-30)10-8-6-4-2/h13-20,23,30H,3-12,21-22H2,1-2H3. The third-order valence-corrected chi connectivity index (χ3v) is 8.01. The van der Waals surface area contributed by atoms with Gasteiger partial charge in [0, 0.05) is 16.7 Å². The van der Waals surface area contributed by atoms with Gasteiger partial charge in [-0.2, -0.15) is 0 Å². The van der Waals surface area contributed by atoms with Gasteiger partial charge in [0.2, 0.25) is 0 Å². The molecule has 3 aromatic rings. The quantitative estimate of drug-likeness (QED) is 0.164. The van der Waals surface area contributed by atoms with E-state index >= 15 is 8.78 Å². The van der Waals surface area contributed by atoms with Gasteiger partial charge >= 0.3 is 0 Å². The highest BCUT2D eigenvalue weighted by atomic mass is 19.2. The molecule has 0 saturated carbocycles. The molecule has 0 N–H and O–H groups in total. The maximum Gasteiger partial charge on any atom is 0.167 e. The van der Waals surface area contributed by atoms with Crippen LogP contribution in [0.1, 0.15) is 95.3 Å². The lowest BCUT2D eigenvalue weighted by Crippen LogP contribution is -2.21. The molecule has 1 fully saturated rings. The number of halogens is 4. The van der Waals surface area contributed by atoms with Gasteiger partial charge in [0.05, 0.1) is 12.7 Å². The highest BCUT2D eigenvalue weighted by molar-refractivity contribution is 5.71. The van der Waals surface area contributed by atoms with E-state index in [4.69, 9.17) is 4.74 Å². The normalized spacial score (nSPS) is 17.5. The fraction of sp³-hybridized carbons (Fsp3) is 0.471. The van der Waals surface area contributed by atoms with Crippen molar-refractivity contribution >= 4 is 0 Å². The Morgan fingerprint density at radius 2 is 1.26 bits per heavy atom. The zero-order valence-corrected chi connectivity index (χ0v) is 23.2. The van der Waals surface area contributed by atoms with Crippen LogP contribution in [-0.2, 0) is 11.2 Å². The third kappa shape index (κ3) is 7.11. The van der Waals surface area contributed by atoms with E-state index in [-0.39, 0.29) is 16.7 Å². The first-order valence-corrected chi connectivity index (χ1v) is 14.6. The van der Waals surface area contributed by atoms with Gasteiger partial charge in [-0.25, -0.2) is 17.6 Å². The van der Waals surface area contributed by atoms with Crippen LogP contribution in [0.3, 0.4) is 0 Å². The maximum absolute atomic E-state index is 15.2. The molecule has 5 heteroatoms. The summed E-state index contributed by atoms with van der Waals surface area (Å²) in [4.78, 5) is 0. The van der Waals surface area contributed by atoms with Gasteiger partial charge in [-0.1, -0.05) is 101 Å².